The number of benzene rings is 1. The highest BCUT2D eigenvalue weighted by Crippen LogP contribution is 2.29. The molecule has 1 amide bonds. The highest BCUT2D eigenvalue weighted by atomic mass is 19.4. The summed E-state index contributed by atoms with van der Waals surface area (Å²) in [5.41, 5.74) is 2.22. The summed E-state index contributed by atoms with van der Waals surface area (Å²) < 4.78 is 44.4. The van der Waals surface area contributed by atoms with Gasteiger partial charge in [-0.15, -0.1) is 5.10 Å². The van der Waals surface area contributed by atoms with Gasteiger partial charge in [0.15, 0.2) is 5.65 Å². The van der Waals surface area contributed by atoms with Crippen molar-refractivity contribution in [2.24, 2.45) is 0 Å². The molecule has 7 nitrogen and oxygen atoms in total. The molecular weight excluding hydrogens is 375 g/mol. The van der Waals surface area contributed by atoms with Crippen LogP contribution in [-0.4, -0.2) is 52.3 Å². The molecule has 0 saturated heterocycles. The topological polar surface area (TPSA) is 71.8 Å². The molecule has 0 atom stereocenters. The monoisotopic (exact) mass is 393 g/mol. The number of nitrogens with zero attached hydrogens (tertiary/aromatic N) is 4. The van der Waals surface area contributed by atoms with Crippen LogP contribution in [-0.2, 0) is 0 Å². The molecular formula is C18H18F3N5O2. The van der Waals surface area contributed by atoms with Crippen LogP contribution in [0.15, 0.2) is 36.5 Å². The maximum atomic E-state index is 12.5. The van der Waals surface area contributed by atoms with Crippen molar-refractivity contribution >= 4 is 23.2 Å². The van der Waals surface area contributed by atoms with Gasteiger partial charge in [-0.3, -0.25) is 4.79 Å². The first kappa shape index (κ1) is 19.5. The first-order valence-electron chi connectivity index (χ1n) is 8.26. The van der Waals surface area contributed by atoms with Crippen molar-refractivity contribution in [3.8, 4) is 5.75 Å². The van der Waals surface area contributed by atoms with Crippen LogP contribution in [0, 0.1) is 6.92 Å². The predicted octanol–water partition coefficient (Wildman–Crippen LogP) is 3.42. The second kappa shape index (κ2) is 7.37. The van der Waals surface area contributed by atoms with E-state index in [-0.39, 0.29) is 11.3 Å². The van der Waals surface area contributed by atoms with Gasteiger partial charge < -0.3 is 15.0 Å². The average molecular weight is 393 g/mol. The summed E-state index contributed by atoms with van der Waals surface area (Å²) in [6.07, 6.45) is -2.65. The Morgan fingerprint density at radius 3 is 2.71 bits per heavy atom. The number of aromatic nitrogens is 3. The van der Waals surface area contributed by atoms with Crippen LogP contribution in [0.3, 0.4) is 0 Å². The van der Waals surface area contributed by atoms with E-state index >= 15 is 0 Å². The second-order valence-electron chi connectivity index (χ2n) is 6.26. The van der Waals surface area contributed by atoms with Crippen molar-refractivity contribution in [2.75, 3.05) is 26.0 Å². The number of amides is 1. The number of carbonyl (C=O) groups excluding carboxylic acids is 1. The Hall–Kier alpha value is -3.30. The number of halogens is 3. The van der Waals surface area contributed by atoms with E-state index in [2.05, 4.69) is 15.4 Å². The largest absolute Gasteiger partial charge is 0.495 e. The summed E-state index contributed by atoms with van der Waals surface area (Å²) >= 11 is 0. The van der Waals surface area contributed by atoms with Crippen molar-refractivity contribution in [1.29, 1.82) is 0 Å². The number of anilines is 2. The van der Waals surface area contributed by atoms with E-state index in [1.807, 2.05) is 25.3 Å². The number of alkyl halides is 3. The van der Waals surface area contributed by atoms with Gasteiger partial charge in [-0.25, -0.2) is 4.52 Å². The van der Waals surface area contributed by atoms with Crippen LogP contribution in [0.2, 0.25) is 0 Å². The van der Waals surface area contributed by atoms with Crippen molar-refractivity contribution in [3.63, 3.8) is 0 Å². The van der Waals surface area contributed by atoms with E-state index in [0.29, 0.717) is 22.2 Å². The first-order valence-corrected chi connectivity index (χ1v) is 8.26. The number of nitrogens with one attached hydrogen (secondary N) is 1. The molecule has 0 saturated carbocycles. The Morgan fingerprint density at radius 1 is 1.29 bits per heavy atom. The average Bonchev–Trinajstić information content (AvgIpc) is 3.01. The van der Waals surface area contributed by atoms with Crippen molar-refractivity contribution in [1.82, 2.24) is 19.5 Å². The quantitative estimate of drug-likeness (QED) is 0.719. The standard InChI is InChI=1S/C18H18F3N5O2/c1-11-4-7-15-23-17(24-26(15)9-11)22-13-6-5-12(8-14(13)28-3)16(27)25(2)10-18(19,20)21/h4-9H,10H2,1-3H3,(H,22,24). The van der Waals surface area contributed by atoms with Crippen molar-refractivity contribution in [3.05, 3.63) is 47.7 Å². The smallest absolute Gasteiger partial charge is 0.406 e. The SMILES string of the molecule is COc1cc(C(=O)N(C)CC(F)(F)F)ccc1Nc1nc2ccc(C)cn2n1. The van der Waals surface area contributed by atoms with Gasteiger partial charge >= 0.3 is 6.18 Å². The molecule has 28 heavy (non-hydrogen) atoms. The number of methoxy groups -OCH3 is 1. The zero-order valence-electron chi connectivity index (χ0n) is 15.4. The highest BCUT2D eigenvalue weighted by Gasteiger charge is 2.31. The molecule has 0 aliphatic carbocycles. The fraction of sp³-hybridized carbons (Fsp3) is 0.278. The molecule has 0 aliphatic heterocycles. The first-order chi connectivity index (χ1) is 13.2. The zero-order chi connectivity index (χ0) is 20.5. The minimum atomic E-state index is -4.47. The molecule has 0 fully saturated rings. The lowest BCUT2D eigenvalue weighted by atomic mass is 10.1. The van der Waals surface area contributed by atoms with E-state index in [0.717, 1.165) is 12.6 Å². The fourth-order valence-electron chi connectivity index (χ4n) is 2.65. The number of hydrogen-bond acceptors (Lipinski definition) is 5. The lowest BCUT2D eigenvalue weighted by Gasteiger charge is -2.19. The van der Waals surface area contributed by atoms with E-state index in [1.54, 1.807) is 4.52 Å². The Labute approximate surface area is 158 Å². The van der Waals surface area contributed by atoms with Gasteiger partial charge in [0, 0.05) is 18.8 Å². The number of aryl methyl sites for hydroxylation is 1. The number of fused-ring (bicyclic) bond motifs is 1. The van der Waals surface area contributed by atoms with Crippen LogP contribution in [0.25, 0.3) is 5.65 Å². The van der Waals surface area contributed by atoms with Gasteiger partial charge in [-0.05, 0) is 36.8 Å². The van der Waals surface area contributed by atoms with Crippen LogP contribution < -0.4 is 10.1 Å². The van der Waals surface area contributed by atoms with E-state index in [9.17, 15) is 18.0 Å². The third-order valence-electron chi connectivity index (χ3n) is 3.94. The summed E-state index contributed by atoms with van der Waals surface area (Å²) in [5.74, 6) is -0.165. The van der Waals surface area contributed by atoms with E-state index in [4.69, 9.17) is 4.74 Å². The van der Waals surface area contributed by atoms with Crippen LogP contribution >= 0.6 is 0 Å². The molecule has 10 heteroatoms. The van der Waals surface area contributed by atoms with E-state index in [1.165, 1.54) is 25.3 Å². The van der Waals surface area contributed by atoms with Gasteiger partial charge in [0.2, 0.25) is 5.95 Å². The second-order valence-corrected chi connectivity index (χ2v) is 6.26. The normalized spacial score (nSPS) is 11.5. The fourth-order valence-corrected chi connectivity index (χ4v) is 2.65. The van der Waals surface area contributed by atoms with Gasteiger partial charge in [0.25, 0.3) is 5.91 Å². The van der Waals surface area contributed by atoms with Crippen LogP contribution in [0.1, 0.15) is 15.9 Å². The molecule has 0 aliphatic rings. The Bertz CT molecular complexity index is 1020. The highest BCUT2D eigenvalue weighted by molar-refractivity contribution is 5.95. The lowest BCUT2D eigenvalue weighted by molar-refractivity contribution is -0.138. The molecule has 0 spiro atoms. The molecule has 0 bridgehead atoms. The van der Waals surface area contributed by atoms with Crippen LogP contribution in [0.5, 0.6) is 5.75 Å². The molecule has 0 unspecified atom stereocenters. The van der Waals surface area contributed by atoms with Gasteiger partial charge in [-0.2, -0.15) is 18.2 Å². The molecule has 2 aromatic heterocycles. The molecule has 1 N–H and O–H groups in total. The maximum absolute atomic E-state index is 12.5. The van der Waals surface area contributed by atoms with Crippen LogP contribution in [0.4, 0.5) is 24.8 Å². The number of carbonyl (C=O) groups is 1. The number of rotatable bonds is 5. The Kier molecular flexibility index (Phi) is 5.12. The minimum absolute atomic E-state index is 0.0766. The van der Waals surface area contributed by atoms with Gasteiger partial charge in [-0.1, -0.05) is 6.07 Å². The molecule has 1 aromatic carbocycles. The predicted molar refractivity (Wildman–Crippen MR) is 97.0 cm³/mol. The summed E-state index contributed by atoms with van der Waals surface area (Å²) in [6.45, 7) is 0.599. The van der Waals surface area contributed by atoms with Gasteiger partial charge in [0.1, 0.15) is 12.3 Å². The third-order valence-corrected chi connectivity index (χ3v) is 3.94. The lowest BCUT2D eigenvalue weighted by Crippen LogP contribution is -2.35. The van der Waals surface area contributed by atoms with Gasteiger partial charge in [0.05, 0.1) is 12.8 Å². The van der Waals surface area contributed by atoms with E-state index < -0.39 is 18.6 Å². The molecule has 2 heterocycles. The maximum Gasteiger partial charge on any atom is 0.406 e. The number of pyridine rings is 1. The summed E-state index contributed by atoms with van der Waals surface area (Å²) in [5, 5.41) is 7.30. The molecule has 3 rings (SSSR count). The summed E-state index contributed by atoms with van der Waals surface area (Å²) in [7, 11) is 2.49. The summed E-state index contributed by atoms with van der Waals surface area (Å²) in [4.78, 5) is 17.2. The Balaban J connectivity index is 1.83. The number of hydrogen-bond donors (Lipinski definition) is 1. The zero-order valence-corrected chi connectivity index (χ0v) is 15.4. The van der Waals surface area contributed by atoms with Crippen molar-refractivity contribution in [2.45, 2.75) is 13.1 Å². The molecule has 148 valence electrons. The molecule has 0 radical (unpaired) electrons. The Morgan fingerprint density at radius 2 is 2.04 bits per heavy atom. The summed E-state index contributed by atoms with van der Waals surface area (Å²) in [6, 6.07) is 8.05. The number of ether oxygens (including phenoxy) is 1. The third kappa shape index (κ3) is 4.33. The van der Waals surface area contributed by atoms with Crippen molar-refractivity contribution < 1.29 is 22.7 Å². The molecule has 3 aromatic rings. The minimum Gasteiger partial charge on any atom is -0.495 e.